The monoisotopic (exact) mass is 248 g/mol. The topological polar surface area (TPSA) is 51.6 Å². The molecular weight excluding hydrogens is 232 g/mol. The lowest BCUT2D eigenvalue weighted by Crippen LogP contribution is -2.35. The van der Waals surface area contributed by atoms with E-state index in [1.807, 2.05) is 13.0 Å². The molecule has 1 aliphatic rings. The molecule has 0 N–H and O–H groups in total. The summed E-state index contributed by atoms with van der Waals surface area (Å²) >= 11 is 0. The molecule has 0 aliphatic carbocycles. The molecule has 0 bridgehead atoms. The van der Waals surface area contributed by atoms with Crippen LogP contribution < -0.4 is 0 Å². The first-order chi connectivity index (χ1) is 8.83. The average molecular weight is 248 g/mol. The zero-order valence-corrected chi connectivity index (χ0v) is 10.4. The van der Waals surface area contributed by atoms with E-state index in [2.05, 4.69) is 9.88 Å². The summed E-state index contributed by atoms with van der Waals surface area (Å²) in [6.45, 7) is 6.26. The smallest absolute Gasteiger partial charge is 0.229 e. The third-order valence-corrected chi connectivity index (χ3v) is 3.14. The number of morpholine rings is 1. The highest BCUT2D eigenvalue weighted by Crippen LogP contribution is 2.22. The number of ether oxygens (including phenoxy) is 1. The molecule has 1 aliphatic heterocycles. The largest absolute Gasteiger partial charge is 0.472 e. The zero-order valence-electron chi connectivity index (χ0n) is 10.4. The van der Waals surface area contributed by atoms with Gasteiger partial charge in [0.1, 0.15) is 12.0 Å². The Kier molecular flexibility index (Phi) is 3.17. The van der Waals surface area contributed by atoms with E-state index in [4.69, 9.17) is 13.6 Å². The van der Waals surface area contributed by atoms with Gasteiger partial charge in [-0.3, -0.25) is 4.90 Å². The molecule has 1 saturated heterocycles. The second-order valence-electron chi connectivity index (χ2n) is 4.42. The molecule has 2 aromatic heterocycles. The van der Waals surface area contributed by atoms with Crippen molar-refractivity contribution in [2.45, 2.75) is 13.5 Å². The van der Waals surface area contributed by atoms with Crippen molar-refractivity contribution in [1.29, 1.82) is 0 Å². The van der Waals surface area contributed by atoms with Crippen LogP contribution in [0.5, 0.6) is 0 Å². The summed E-state index contributed by atoms with van der Waals surface area (Å²) in [4.78, 5) is 6.86. The van der Waals surface area contributed by atoms with Gasteiger partial charge in [0.05, 0.1) is 30.7 Å². The van der Waals surface area contributed by atoms with Gasteiger partial charge in [-0.05, 0) is 13.0 Å². The molecule has 0 aromatic carbocycles. The average Bonchev–Trinajstić information content (AvgIpc) is 3.01. The maximum Gasteiger partial charge on any atom is 0.229 e. The van der Waals surface area contributed by atoms with E-state index in [1.165, 1.54) is 0 Å². The SMILES string of the molecule is Cc1oc(-c2ccoc2)nc1CN1CCOCC1. The fourth-order valence-corrected chi connectivity index (χ4v) is 2.06. The van der Waals surface area contributed by atoms with Crippen LogP contribution in [-0.2, 0) is 11.3 Å². The summed E-state index contributed by atoms with van der Waals surface area (Å²) in [6.07, 6.45) is 3.26. The summed E-state index contributed by atoms with van der Waals surface area (Å²) < 4.78 is 16.0. The van der Waals surface area contributed by atoms with E-state index in [9.17, 15) is 0 Å². The Morgan fingerprint density at radius 2 is 2.17 bits per heavy atom. The number of rotatable bonds is 3. The molecule has 96 valence electrons. The van der Waals surface area contributed by atoms with Gasteiger partial charge in [-0.25, -0.2) is 4.98 Å². The van der Waals surface area contributed by atoms with E-state index in [1.54, 1.807) is 12.5 Å². The minimum atomic E-state index is 0.629. The Hall–Kier alpha value is -1.59. The lowest BCUT2D eigenvalue weighted by molar-refractivity contribution is 0.0335. The molecule has 3 heterocycles. The zero-order chi connectivity index (χ0) is 12.4. The van der Waals surface area contributed by atoms with Gasteiger partial charge in [-0.15, -0.1) is 0 Å². The number of hydrogen-bond acceptors (Lipinski definition) is 5. The van der Waals surface area contributed by atoms with Crippen molar-refractivity contribution in [2.75, 3.05) is 26.3 Å². The number of oxazole rings is 1. The third-order valence-electron chi connectivity index (χ3n) is 3.14. The summed E-state index contributed by atoms with van der Waals surface area (Å²) in [6, 6.07) is 1.85. The van der Waals surface area contributed by atoms with Crippen LogP contribution in [0, 0.1) is 6.92 Å². The van der Waals surface area contributed by atoms with Gasteiger partial charge < -0.3 is 13.6 Å². The maximum absolute atomic E-state index is 5.67. The Morgan fingerprint density at radius 3 is 2.89 bits per heavy atom. The number of furan rings is 1. The van der Waals surface area contributed by atoms with Crippen molar-refractivity contribution in [1.82, 2.24) is 9.88 Å². The van der Waals surface area contributed by atoms with Crippen molar-refractivity contribution >= 4 is 0 Å². The molecule has 0 saturated carbocycles. The second-order valence-corrected chi connectivity index (χ2v) is 4.42. The first-order valence-electron chi connectivity index (χ1n) is 6.12. The fraction of sp³-hybridized carbons (Fsp3) is 0.462. The van der Waals surface area contributed by atoms with Crippen LogP contribution in [0.25, 0.3) is 11.5 Å². The Balaban J connectivity index is 1.76. The molecule has 1 fully saturated rings. The lowest BCUT2D eigenvalue weighted by Gasteiger charge is -2.25. The first kappa shape index (κ1) is 11.5. The molecule has 3 rings (SSSR count). The van der Waals surface area contributed by atoms with Crippen LogP contribution in [0.4, 0.5) is 0 Å². The number of aryl methyl sites for hydroxylation is 1. The molecule has 18 heavy (non-hydrogen) atoms. The Labute approximate surface area is 105 Å². The number of aromatic nitrogens is 1. The van der Waals surface area contributed by atoms with E-state index >= 15 is 0 Å². The molecule has 0 atom stereocenters. The fourth-order valence-electron chi connectivity index (χ4n) is 2.06. The molecular formula is C13H16N2O3. The molecule has 0 spiro atoms. The molecule has 2 aromatic rings. The van der Waals surface area contributed by atoms with Crippen molar-refractivity contribution in [3.8, 4) is 11.5 Å². The summed E-state index contributed by atoms with van der Waals surface area (Å²) in [5.41, 5.74) is 1.87. The van der Waals surface area contributed by atoms with Gasteiger partial charge in [0.25, 0.3) is 0 Å². The Morgan fingerprint density at radius 1 is 1.33 bits per heavy atom. The summed E-state index contributed by atoms with van der Waals surface area (Å²) in [5.74, 6) is 1.50. The van der Waals surface area contributed by atoms with Gasteiger partial charge in [0, 0.05) is 19.6 Å². The van der Waals surface area contributed by atoms with Crippen LogP contribution >= 0.6 is 0 Å². The normalized spacial score (nSPS) is 17.2. The van der Waals surface area contributed by atoms with Crippen molar-refractivity contribution in [3.63, 3.8) is 0 Å². The van der Waals surface area contributed by atoms with Gasteiger partial charge in [0.15, 0.2) is 0 Å². The van der Waals surface area contributed by atoms with Crippen LogP contribution in [0.1, 0.15) is 11.5 Å². The van der Waals surface area contributed by atoms with Crippen LogP contribution in [0.3, 0.4) is 0 Å². The van der Waals surface area contributed by atoms with Crippen LogP contribution in [0.15, 0.2) is 27.4 Å². The quantitative estimate of drug-likeness (QED) is 0.832. The predicted molar refractivity (Wildman–Crippen MR) is 65.0 cm³/mol. The van der Waals surface area contributed by atoms with Crippen LogP contribution in [-0.4, -0.2) is 36.2 Å². The van der Waals surface area contributed by atoms with Gasteiger partial charge in [0.2, 0.25) is 5.89 Å². The third kappa shape index (κ3) is 2.32. The standard InChI is InChI=1S/C13H16N2O3/c1-10-12(8-15-3-6-16-7-4-15)14-13(18-10)11-2-5-17-9-11/h2,5,9H,3-4,6-8H2,1H3. The first-order valence-corrected chi connectivity index (χ1v) is 6.12. The van der Waals surface area contributed by atoms with E-state index in [0.717, 1.165) is 49.9 Å². The van der Waals surface area contributed by atoms with E-state index in [-0.39, 0.29) is 0 Å². The van der Waals surface area contributed by atoms with Crippen LogP contribution in [0.2, 0.25) is 0 Å². The Bertz CT molecular complexity index is 498. The molecule has 5 nitrogen and oxygen atoms in total. The molecule has 0 unspecified atom stereocenters. The summed E-state index contributed by atoms with van der Waals surface area (Å²) in [7, 11) is 0. The lowest BCUT2D eigenvalue weighted by atomic mass is 10.3. The van der Waals surface area contributed by atoms with Crippen molar-refractivity contribution in [2.24, 2.45) is 0 Å². The molecule has 5 heteroatoms. The highest BCUT2D eigenvalue weighted by atomic mass is 16.5. The molecule has 0 amide bonds. The highest BCUT2D eigenvalue weighted by molar-refractivity contribution is 5.51. The number of hydrogen-bond donors (Lipinski definition) is 0. The van der Waals surface area contributed by atoms with Gasteiger partial charge in [-0.1, -0.05) is 0 Å². The second kappa shape index (κ2) is 4.96. The van der Waals surface area contributed by atoms with Gasteiger partial charge in [-0.2, -0.15) is 0 Å². The highest BCUT2D eigenvalue weighted by Gasteiger charge is 2.17. The van der Waals surface area contributed by atoms with E-state index < -0.39 is 0 Å². The van der Waals surface area contributed by atoms with E-state index in [0.29, 0.717) is 5.89 Å². The van der Waals surface area contributed by atoms with Gasteiger partial charge >= 0.3 is 0 Å². The predicted octanol–water partition coefficient (Wildman–Crippen LogP) is 2.08. The minimum absolute atomic E-state index is 0.629. The minimum Gasteiger partial charge on any atom is -0.472 e. The van der Waals surface area contributed by atoms with Crippen molar-refractivity contribution < 1.29 is 13.6 Å². The summed E-state index contributed by atoms with van der Waals surface area (Å²) in [5, 5.41) is 0. The number of nitrogens with zero attached hydrogens (tertiary/aromatic N) is 2. The van der Waals surface area contributed by atoms with Crippen molar-refractivity contribution in [3.05, 3.63) is 30.0 Å². The maximum atomic E-state index is 5.67. The molecule has 0 radical (unpaired) electrons.